The topological polar surface area (TPSA) is 80.9 Å². The zero-order valence-corrected chi connectivity index (χ0v) is 14.7. The van der Waals surface area contributed by atoms with E-state index < -0.39 is 0 Å². The van der Waals surface area contributed by atoms with Crippen LogP contribution in [0.2, 0.25) is 0 Å². The molecule has 0 spiro atoms. The van der Waals surface area contributed by atoms with Crippen LogP contribution in [0.1, 0.15) is 16.1 Å². The van der Waals surface area contributed by atoms with Crippen LogP contribution in [0, 0.1) is 6.92 Å². The molecule has 0 saturated carbocycles. The lowest BCUT2D eigenvalue weighted by Crippen LogP contribution is -2.13. The van der Waals surface area contributed by atoms with Gasteiger partial charge in [0, 0.05) is 17.1 Å². The van der Waals surface area contributed by atoms with Crippen LogP contribution in [-0.2, 0) is 0 Å². The Kier molecular flexibility index (Phi) is 4.28. The average molecular weight is 362 g/mol. The molecular formula is C19H14N4O2S. The average Bonchev–Trinajstić information content (AvgIpc) is 3.30. The van der Waals surface area contributed by atoms with Crippen molar-refractivity contribution in [3.63, 3.8) is 0 Å². The maximum absolute atomic E-state index is 12.8. The first-order valence-electron chi connectivity index (χ1n) is 7.92. The Bertz CT molecular complexity index is 1040. The number of carbonyl (C=O) groups excluding carboxylic acids is 1. The second-order valence-corrected chi connectivity index (χ2v) is 6.39. The van der Waals surface area contributed by atoms with Crippen molar-refractivity contribution < 1.29 is 9.32 Å². The van der Waals surface area contributed by atoms with Crippen LogP contribution in [0.25, 0.3) is 22.6 Å². The van der Waals surface area contributed by atoms with E-state index in [1.54, 1.807) is 13.1 Å². The third kappa shape index (κ3) is 3.12. The Morgan fingerprint density at radius 2 is 1.88 bits per heavy atom. The molecule has 0 bridgehead atoms. The smallest absolute Gasteiger partial charge is 0.263 e. The number of pyridine rings is 1. The van der Waals surface area contributed by atoms with E-state index in [1.807, 2.05) is 53.9 Å². The molecule has 0 aliphatic carbocycles. The zero-order chi connectivity index (χ0) is 17.9. The first-order valence-corrected chi connectivity index (χ1v) is 8.80. The zero-order valence-electron chi connectivity index (χ0n) is 13.8. The molecule has 7 heteroatoms. The molecule has 3 aromatic heterocycles. The van der Waals surface area contributed by atoms with Crippen LogP contribution >= 0.6 is 11.3 Å². The molecule has 0 radical (unpaired) electrons. The highest BCUT2D eigenvalue weighted by atomic mass is 32.1. The number of nitrogens with one attached hydrogen (secondary N) is 1. The predicted octanol–water partition coefficient (Wildman–Crippen LogP) is 4.42. The van der Waals surface area contributed by atoms with Crippen LogP contribution < -0.4 is 5.32 Å². The van der Waals surface area contributed by atoms with Crippen LogP contribution in [0.3, 0.4) is 0 Å². The number of rotatable bonds is 4. The van der Waals surface area contributed by atoms with Crippen molar-refractivity contribution in [1.82, 2.24) is 15.1 Å². The fourth-order valence-corrected chi connectivity index (χ4v) is 3.25. The first-order chi connectivity index (χ1) is 12.7. The van der Waals surface area contributed by atoms with Gasteiger partial charge in [0.1, 0.15) is 22.7 Å². The van der Waals surface area contributed by atoms with Gasteiger partial charge in [0.05, 0.1) is 5.69 Å². The van der Waals surface area contributed by atoms with Gasteiger partial charge in [-0.25, -0.2) is 4.98 Å². The quantitative estimate of drug-likeness (QED) is 0.581. The van der Waals surface area contributed by atoms with Gasteiger partial charge in [-0.15, -0.1) is 11.3 Å². The molecule has 128 valence electrons. The van der Waals surface area contributed by atoms with Crippen molar-refractivity contribution in [3.8, 4) is 22.6 Å². The Labute approximate surface area is 153 Å². The fourth-order valence-electron chi connectivity index (χ4n) is 2.56. The lowest BCUT2D eigenvalue weighted by Gasteiger charge is -2.03. The van der Waals surface area contributed by atoms with Gasteiger partial charge in [0.2, 0.25) is 0 Å². The largest absolute Gasteiger partial charge is 0.360 e. The minimum absolute atomic E-state index is 0.301. The summed E-state index contributed by atoms with van der Waals surface area (Å²) >= 11 is 1.34. The number of hydrogen-bond donors (Lipinski definition) is 1. The standard InChI is InChI=1S/C19H14N4O2S/c1-12-16(17(23-25-12)13-7-3-2-4-8-13)18(24)22-19-21-15(11-26-19)14-9-5-6-10-20-14/h2-11H,1H3,(H,21,22,24). The van der Waals surface area contributed by atoms with Gasteiger partial charge in [-0.05, 0) is 19.1 Å². The third-order valence-corrected chi connectivity index (χ3v) is 4.55. The summed E-state index contributed by atoms with van der Waals surface area (Å²) in [5, 5.41) is 9.22. The number of aryl methyl sites for hydroxylation is 1. The molecule has 0 unspecified atom stereocenters. The monoisotopic (exact) mass is 362 g/mol. The second kappa shape index (κ2) is 6.89. The number of thiazole rings is 1. The first kappa shape index (κ1) is 16.2. The van der Waals surface area contributed by atoms with Crippen molar-refractivity contribution in [2.45, 2.75) is 6.92 Å². The third-order valence-electron chi connectivity index (χ3n) is 3.79. The summed E-state index contributed by atoms with van der Waals surface area (Å²) < 4.78 is 5.25. The van der Waals surface area contributed by atoms with Crippen molar-refractivity contribution in [1.29, 1.82) is 0 Å². The van der Waals surface area contributed by atoms with Crippen molar-refractivity contribution in [3.05, 3.63) is 71.4 Å². The molecule has 0 atom stereocenters. The molecule has 6 nitrogen and oxygen atoms in total. The number of benzene rings is 1. The maximum Gasteiger partial charge on any atom is 0.263 e. The summed E-state index contributed by atoms with van der Waals surface area (Å²) in [5.74, 6) is 0.160. The number of aromatic nitrogens is 3. The van der Waals surface area contributed by atoms with Crippen LogP contribution in [0.15, 0.2) is 64.6 Å². The molecule has 0 aliphatic heterocycles. The lowest BCUT2D eigenvalue weighted by molar-refractivity contribution is 0.102. The van der Waals surface area contributed by atoms with E-state index in [4.69, 9.17) is 4.52 Å². The van der Waals surface area contributed by atoms with Crippen molar-refractivity contribution >= 4 is 22.4 Å². The van der Waals surface area contributed by atoms with E-state index in [1.165, 1.54) is 11.3 Å². The number of anilines is 1. The second-order valence-electron chi connectivity index (χ2n) is 5.54. The van der Waals surface area contributed by atoms with E-state index in [0.29, 0.717) is 22.1 Å². The molecule has 1 N–H and O–H groups in total. The molecule has 4 rings (SSSR count). The van der Waals surface area contributed by atoms with Crippen LogP contribution in [0.4, 0.5) is 5.13 Å². The number of carbonyl (C=O) groups is 1. The van der Waals surface area contributed by atoms with Gasteiger partial charge in [-0.3, -0.25) is 15.1 Å². The van der Waals surface area contributed by atoms with Gasteiger partial charge >= 0.3 is 0 Å². The highest BCUT2D eigenvalue weighted by molar-refractivity contribution is 7.14. The van der Waals surface area contributed by atoms with E-state index >= 15 is 0 Å². The minimum atomic E-state index is -0.301. The lowest BCUT2D eigenvalue weighted by atomic mass is 10.1. The summed E-state index contributed by atoms with van der Waals surface area (Å²) in [7, 11) is 0. The van der Waals surface area contributed by atoms with E-state index in [9.17, 15) is 4.79 Å². The molecule has 0 aliphatic rings. The normalized spacial score (nSPS) is 10.7. The van der Waals surface area contributed by atoms with E-state index in [0.717, 1.165) is 17.0 Å². The highest BCUT2D eigenvalue weighted by Gasteiger charge is 2.22. The maximum atomic E-state index is 12.8. The van der Waals surface area contributed by atoms with Crippen molar-refractivity contribution in [2.75, 3.05) is 5.32 Å². The predicted molar refractivity (Wildman–Crippen MR) is 100.0 cm³/mol. The number of nitrogens with zero attached hydrogens (tertiary/aromatic N) is 3. The van der Waals surface area contributed by atoms with E-state index in [-0.39, 0.29) is 5.91 Å². The molecule has 4 aromatic rings. The Morgan fingerprint density at radius 3 is 2.65 bits per heavy atom. The molecule has 26 heavy (non-hydrogen) atoms. The summed E-state index contributed by atoms with van der Waals surface area (Å²) in [6.07, 6.45) is 1.71. The summed E-state index contributed by atoms with van der Waals surface area (Å²) in [5.41, 5.74) is 3.22. The van der Waals surface area contributed by atoms with Gasteiger partial charge in [-0.1, -0.05) is 41.6 Å². The van der Waals surface area contributed by atoms with Gasteiger partial charge in [-0.2, -0.15) is 0 Å². The van der Waals surface area contributed by atoms with Crippen LogP contribution in [-0.4, -0.2) is 21.0 Å². The summed E-state index contributed by atoms with van der Waals surface area (Å²) in [6.45, 7) is 1.72. The van der Waals surface area contributed by atoms with Gasteiger partial charge in [0.25, 0.3) is 5.91 Å². The SMILES string of the molecule is Cc1onc(-c2ccccc2)c1C(=O)Nc1nc(-c2ccccn2)cs1. The Balaban J connectivity index is 1.60. The molecule has 1 amide bonds. The summed E-state index contributed by atoms with van der Waals surface area (Å²) in [4.78, 5) is 21.5. The molecule has 3 heterocycles. The van der Waals surface area contributed by atoms with Gasteiger partial charge < -0.3 is 4.52 Å². The fraction of sp³-hybridized carbons (Fsp3) is 0.0526. The molecule has 0 fully saturated rings. The van der Waals surface area contributed by atoms with Gasteiger partial charge in [0.15, 0.2) is 5.13 Å². The van der Waals surface area contributed by atoms with E-state index in [2.05, 4.69) is 20.4 Å². The highest BCUT2D eigenvalue weighted by Crippen LogP contribution is 2.28. The Hall–Kier alpha value is -3.32. The van der Waals surface area contributed by atoms with Crippen LogP contribution in [0.5, 0.6) is 0 Å². The molecule has 1 aromatic carbocycles. The number of hydrogen-bond acceptors (Lipinski definition) is 6. The van der Waals surface area contributed by atoms with Crippen molar-refractivity contribution in [2.24, 2.45) is 0 Å². The molecule has 0 saturated heterocycles. The minimum Gasteiger partial charge on any atom is -0.360 e. The Morgan fingerprint density at radius 1 is 1.08 bits per heavy atom. The number of amides is 1. The summed E-state index contributed by atoms with van der Waals surface area (Å²) in [6, 6.07) is 15.1. The molecular weight excluding hydrogens is 348 g/mol.